The van der Waals surface area contributed by atoms with Gasteiger partial charge >= 0.3 is 0 Å². The molecule has 1 aromatic rings. The summed E-state index contributed by atoms with van der Waals surface area (Å²) in [6.45, 7) is 1.39. The largest absolute Gasteiger partial charge is 0.335 e. The number of likely N-dealkylation sites (tertiary alicyclic amines) is 1. The first-order chi connectivity index (χ1) is 8.20. The SMILES string of the molecule is NCC1CCCN1C(=O)C=Cc1cc(Br)cs1. The molecule has 0 radical (unpaired) electrons. The fourth-order valence-corrected chi connectivity index (χ4v) is 3.37. The summed E-state index contributed by atoms with van der Waals surface area (Å²) in [6.07, 6.45) is 5.60. The van der Waals surface area contributed by atoms with Crippen LogP contribution in [0, 0.1) is 0 Å². The van der Waals surface area contributed by atoms with Gasteiger partial charge in [0, 0.05) is 39.9 Å². The van der Waals surface area contributed by atoms with E-state index in [4.69, 9.17) is 5.73 Å². The molecule has 92 valence electrons. The van der Waals surface area contributed by atoms with Crippen molar-refractivity contribution in [1.82, 2.24) is 4.90 Å². The lowest BCUT2D eigenvalue weighted by atomic mass is 10.2. The van der Waals surface area contributed by atoms with Crippen LogP contribution < -0.4 is 5.73 Å². The second-order valence-electron chi connectivity index (χ2n) is 4.06. The fourth-order valence-electron chi connectivity index (χ4n) is 2.04. The first-order valence-electron chi connectivity index (χ1n) is 5.63. The molecular formula is C12H15BrN2OS. The van der Waals surface area contributed by atoms with Crippen LogP contribution in [0.1, 0.15) is 17.7 Å². The molecule has 1 atom stereocenters. The molecule has 0 spiro atoms. The standard InChI is InChI=1S/C12H15BrN2OS/c13-9-6-11(17-8-9)3-4-12(16)15-5-1-2-10(15)7-14/h3-4,6,8,10H,1-2,5,7,14H2. The molecule has 2 N–H and O–H groups in total. The van der Waals surface area contributed by atoms with Crippen LogP contribution in [0.4, 0.5) is 0 Å². The van der Waals surface area contributed by atoms with Gasteiger partial charge in [0.2, 0.25) is 5.91 Å². The number of carbonyl (C=O) groups excluding carboxylic acids is 1. The van der Waals surface area contributed by atoms with E-state index in [1.807, 2.05) is 22.4 Å². The predicted octanol–water partition coefficient (Wildman–Crippen LogP) is 2.47. The zero-order chi connectivity index (χ0) is 12.3. The summed E-state index contributed by atoms with van der Waals surface area (Å²) in [6, 6.07) is 2.22. The number of amides is 1. The van der Waals surface area contributed by atoms with Crippen LogP contribution in [-0.4, -0.2) is 29.9 Å². The number of nitrogens with two attached hydrogens (primary N) is 1. The summed E-state index contributed by atoms with van der Waals surface area (Å²) >= 11 is 5.00. The summed E-state index contributed by atoms with van der Waals surface area (Å²) in [5.74, 6) is 0.0717. The Labute approximate surface area is 113 Å². The molecule has 1 aliphatic rings. The van der Waals surface area contributed by atoms with Crippen molar-refractivity contribution in [1.29, 1.82) is 0 Å². The lowest BCUT2D eigenvalue weighted by Gasteiger charge is -2.21. The normalized spacial score (nSPS) is 20.4. The maximum Gasteiger partial charge on any atom is 0.246 e. The molecular weight excluding hydrogens is 300 g/mol. The van der Waals surface area contributed by atoms with Crippen molar-refractivity contribution in [2.24, 2.45) is 5.73 Å². The molecule has 17 heavy (non-hydrogen) atoms. The van der Waals surface area contributed by atoms with Gasteiger partial charge in [0.25, 0.3) is 0 Å². The molecule has 1 saturated heterocycles. The quantitative estimate of drug-likeness (QED) is 0.871. The molecule has 1 aromatic heterocycles. The lowest BCUT2D eigenvalue weighted by Crippen LogP contribution is -2.38. The summed E-state index contributed by atoms with van der Waals surface area (Å²) in [4.78, 5) is 14.9. The monoisotopic (exact) mass is 314 g/mol. The van der Waals surface area contributed by atoms with Gasteiger partial charge in [-0.05, 0) is 40.9 Å². The average molecular weight is 315 g/mol. The number of rotatable bonds is 3. The third-order valence-electron chi connectivity index (χ3n) is 2.91. The van der Waals surface area contributed by atoms with Gasteiger partial charge in [-0.2, -0.15) is 0 Å². The minimum absolute atomic E-state index is 0.0717. The molecule has 1 unspecified atom stereocenters. The highest BCUT2D eigenvalue weighted by Crippen LogP contribution is 2.21. The highest BCUT2D eigenvalue weighted by Gasteiger charge is 2.25. The number of hydrogen-bond acceptors (Lipinski definition) is 3. The van der Waals surface area contributed by atoms with E-state index in [2.05, 4.69) is 15.9 Å². The second kappa shape index (κ2) is 5.80. The fraction of sp³-hybridized carbons (Fsp3) is 0.417. The Balaban J connectivity index is 1.99. The van der Waals surface area contributed by atoms with E-state index < -0.39 is 0 Å². The minimum atomic E-state index is 0.0717. The summed E-state index contributed by atoms with van der Waals surface area (Å²) in [5.41, 5.74) is 5.65. The molecule has 0 aliphatic carbocycles. The van der Waals surface area contributed by atoms with Crippen molar-refractivity contribution in [2.45, 2.75) is 18.9 Å². The third kappa shape index (κ3) is 3.18. The Morgan fingerprint density at radius 2 is 2.53 bits per heavy atom. The van der Waals surface area contributed by atoms with Crippen molar-refractivity contribution in [3.63, 3.8) is 0 Å². The van der Waals surface area contributed by atoms with E-state index in [1.165, 1.54) is 0 Å². The van der Waals surface area contributed by atoms with Crippen LogP contribution in [0.2, 0.25) is 0 Å². The zero-order valence-electron chi connectivity index (χ0n) is 9.43. The molecule has 2 heterocycles. The average Bonchev–Trinajstić information content (AvgIpc) is 2.94. The van der Waals surface area contributed by atoms with Crippen LogP contribution in [0.3, 0.4) is 0 Å². The van der Waals surface area contributed by atoms with Crippen LogP contribution in [0.15, 0.2) is 22.0 Å². The van der Waals surface area contributed by atoms with E-state index in [0.29, 0.717) is 6.54 Å². The van der Waals surface area contributed by atoms with E-state index in [9.17, 15) is 4.79 Å². The van der Waals surface area contributed by atoms with Gasteiger partial charge in [-0.25, -0.2) is 0 Å². The van der Waals surface area contributed by atoms with Crippen LogP contribution >= 0.6 is 27.3 Å². The third-order valence-corrected chi connectivity index (χ3v) is 4.57. The molecule has 0 saturated carbocycles. The summed E-state index contributed by atoms with van der Waals surface area (Å²) in [7, 11) is 0. The topological polar surface area (TPSA) is 46.3 Å². The Hall–Kier alpha value is -0.650. The van der Waals surface area contributed by atoms with Gasteiger partial charge in [0.1, 0.15) is 0 Å². The maximum atomic E-state index is 12.0. The van der Waals surface area contributed by atoms with E-state index in [1.54, 1.807) is 17.4 Å². The van der Waals surface area contributed by atoms with E-state index in [-0.39, 0.29) is 11.9 Å². The van der Waals surface area contributed by atoms with E-state index in [0.717, 1.165) is 28.7 Å². The number of hydrogen-bond donors (Lipinski definition) is 1. The number of nitrogens with zero attached hydrogens (tertiary/aromatic N) is 1. The Morgan fingerprint density at radius 3 is 3.18 bits per heavy atom. The van der Waals surface area contributed by atoms with Crippen LogP contribution in [0.5, 0.6) is 0 Å². The van der Waals surface area contributed by atoms with Gasteiger partial charge in [0.05, 0.1) is 0 Å². The van der Waals surface area contributed by atoms with E-state index >= 15 is 0 Å². The highest BCUT2D eigenvalue weighted by molar-refractivity contribution is 9.10. The highest BCUT2D eigenvalue weighted by atomic mass is 79.9. The van der Waals surface area contributed by atoms with Crippen molar-refractivity contribution >= 4 is 39.2 Å². The molecule has 1 amide bonds. The lowest BCUT2D eigenvalue weighted by molar-refractivity contribution is -0.126. The maximum absolute atomic E-state index is 12.0. The summed E-state index contributed by atoms with van der Waals surface area (Å²) in [5, 5.41) is 2.00. The number of thiophene rings is 1. The molecule has 5 heteroatoms. The van der Waals surface area contributed by atoms with Gasteiger partial charge in [0.15, 0.2) is 0 Å². The molecule has 1 fully saturated rings. The molecule has 0 bridgehead atoms. The molecule has 3 nitrogen and oxygen atoms in total. The Morgan fingerprint density at radius 1 is 1.71 bits per heavy atom. The second-order valence-corrected chi connectivity index (χ2v) is 5.92. The van der Waals surface area contributed by atoms with Crippen molar-refractivity contribution in [3.8, 4) is 0 Å². The number of halogens is 1. The first kappa shape index (κ1) is 12.8. The number of carbonyl (C=O) groups is 1. The molecule has 2 rings (SSSR count). The minimum Gasteiger partial charge on any atom is -0.335 e. The Bertz CT molecular complexity index is 430. The van der Waals surface area contributed by atoms with Gasteiger partial charge < -0.3 is 10.6 Å². The molecule has 1 aliphatic heterocycles. The van der Waals surface area contributed by atoms with Crippen molar-refractivity contribution < 1.29 is 4.79 Å². The summed E-state index contributed by atoms with van der Waals surface area (Å²) < 4.78 is 1.05. The van der Waals surface area contributed by atoms with Crippen molar-refractivity contribution in [2.75, 3.05) is 13.1 Å². The van der Waals surface area contributed by atoms with Crippen LogP contribution in [0.25, 0.3) is 6.08 Å². The van der Waals surface area contributed by atoms with Crippen molar-refractivity contribution in [3.05, 3.63) is 26.9 Å². The predicted molar refractivity (Wildman–Crippen MR) is 74.8 cm³/mol. The smallest absolute Gasteiger partial charge is 0.246 e. The van der Waals surface area contributed by atoms with Crippen LogP contribution in [-0.2, 0) is 4.79 Å². The van der Waals surface area contributed by atoms with Gasteiger partial charge in [-0.15, -0.1) is 11.3 Å². The molecule has 0 aromatic carbocycles. The van der Waals surface area contributed by atoms with Gasteiger partial charge in [-0.1, -0.05) is 0 Å². The first-order valence-corrected chi connectivity index (χ1v) is 7.31. The zero-order valence-corrected chi connectivity index (χ0v) is 11.8. The Kier molecular flexibility index (Phi) is 4.36. The van der Waals surface area contributed by atoms with Gasteiger partial charge in [-0.3, -0.25) is 4.79 Å².